The fourth-order valence-corrected chi connectivity index (χ4v) is 4.13. The maximum absolute atomic E-state index is 12.3. The zero-order valence-corrected chi connectivity index (χ0v) is 19.1. The van der Waals surface area contributed by atoms with Gasteiger partial charge in [0.2, 0.25) is 5.91 Å². The summed E-state index contributed by atoms with van der Waals surface area (Å²) in [6.07, 6.45) is 9.70. The first kappa shape index (κ1) is 22.1. The lowest BCUT2D eigenvalue weighted by molar-refractivity contribution is -0.128. The Morgan fingerprint density at radius 2 is 2.16 bits per heavy atom. The Labute approximate surface area is 191 Å². The molecule has 1 aliphatic carbocycles. The smallest absolute Gasteiger partial charge is 0.279 e. The minimum atomic E-state index is -0.0700. The average Bonchev–Trinajstić information content (AvgIpc) is 3.50. The fraction of sp³-hybridized carbons (Fsp3) is 0.478. The molecule has 0 spiro atoms. The van der Waals surface area contributed by atoms with Crippen LogP contribution in [0.15, 0.2) is 30.5 Å². The summed E-state index contributed by atoms with van der Waals surface area (Å²) < 4.78 is 16.9. The van der Waals surface area contributed by atoms with Gasteiger partial charge in [-0.3, -0.25) is 4.79 Å². The molecular formula is C23H27ClN2O4S. The number of ether oxygens (including phenoxy) is 3. The van der Waals surface area contributed by atoms with Crippen molar-refractivity contribution in [2.45, 2.75) is 38.6 Å². The van der Waals surface area contributed by atoms with Crippen molar-refractivity contribution >= 4 is 34.9 Å². The minimum Gasteiger partial charge on any atom is -0.493 e. The predicted molar refractivity (Wildman–Crippen MR) is 122 cm³/mol. The summed E-state index contributed by atoms with van der Waals surface area (Å²) in [6.45, 7) is 4.02. The van der Waals surface area contributed by atoms with Gasteiger partial charge in [-0.25, -0.2) is 4.98 Å². The minimum absolute atomic E-state index is 0.0447. The molecule has 0 bridgehead atoms. The zero-order valence-electron chi connectivity index (χ0n) is 17.5. The summed E-state index contributed by atoms with van der Waals surface area (Å²) >= 11 is 7.75. The van der Waals surface area contributed by atoms with Gasteiger partial charge in [-0.15, -0.1) is 0 Å². The van der Waals surface area contributed by atoms with Crippen LogP contribution < -0.4 is 14.8 Å². The van der Waals surface area contributed by atoms with Gasteiger partial charge in [0.15, 0.2) is 0 Å². The molecule has 1 saturated heterocycles. The Bertz CT molecular complexity index is 922. The predicted octanol–water partition coefficient (Wildman–Crippen LogP) is 5.32. The molecule has 1 N–H and O–H groups in total. The van der Waals surface area contributed by atoms with Crippen molar-refractivity contribution in [3.05, 3.63) is 40.4 Å². The van der Waals surface area contributed by atoms with Crippen LogP contribution in [-0.4, -0.2) is 36.8 Å². The lowest BCUT2D eigenvalue weighted by atomic mass is 9.99. The first-order chi connectivity index (χ1) is 15.1. The number of nitrogens with zero attached hydrogens (tertiary/aromatic N) is 1. The van der Waals surface area contributed by atoms with Crippen LogP contribution in [0.5, 0.6) is 16.7 Å². The number of hydrogen-bond donors (Lipinski definition) is 1. The summed E-state index contributed by atoms with van der Waals surface area (Å²) in [6, 6.07) is 5.37. The molecule has 0 unspecified atom stereocenters. The Balaban J connectivity index is 1.28. The summed E-state index contributed by atoms with van der Waals surface area (Å²) in [7, 11) is 0. The van der Waals surface area contributed by atoms with Crippen LogP contribution in [0.3, 0.4) is 0 Å². The van der Waals surface area contributed by atoms with E-state index in [-0.39, 0.29) is 17.9 Å². The summed E-state index contributed by atoms with van der Waals surface area (Å²) in [5.74, 6) is 2.12. The molecule has 1 amide bonds. The normalized spacial score (nSPS) is 18.1. The van der Waals surface area contributed by atoms with E-state index < -0.39 is 0 Å². The van der Waals surface area contributed by atoms with Gasteiger partial charge < -0.3 is 19.5 Å². The number of halogens is 1. The summed E-state index contributed by atoms with van der Waals surface area (Å²) in [5.41, 5.74) is 0. The van der Waals surface area contributed by atoms with Crippen molar-refractivity contribution in [1.82, 2.24) is 10.3 Å². The summed E-state index contributed by atoms with van der Waals surface area (Å²) in [5, 5.41) is 4.04. The van der Waals surface area contributed by atoms with E-state index in [1.165, 1.54) is 24.2 Å². The van der Waals surface area contributed by atoms with Crippen molar-refractivity contribution in [1.29, 1.82) is 0 Å². The van der Waals surface area contributed by atoms with E-state index in [1.807, 2.05) is 25.1 Å². The molecule has 2 fully saturated rings. The van der Waals surface area contributed by atoms with Gasteiger partial charge in [0, 0.05) is 37.4 Å². The number of carbonyl (C=O) groups is 1. The van der Waals surface area contributed by atoms with Crippen LogP contribution in [0.1, 0.15) is 37.5 Å². The van der Waals surface area contributed by atoms with Crippen LogP contribution in [0.2, 0.25) is 5.02 Å². The number of carbonyl (C=O) groups excluding carboxylic acids is 1. The molecule has 1 aliphatic heterocycles. The molecular weight excluding hydrogens is 436 g/mol. The highest BCUT2D eigenvalue weighted by molar-refractivity contribution is 7.14. The SMILES string of the molecule is C[C@@H](C=Cc1cnc(Oc2ccc(OCC3CC3)cc2Cl)s1)NC(=O)C1CCOCC1. The maximum Gasteiger partial charge on any atom is 0.279 e. The third-order valence-electron chi connectivity index (χ3n) is 5.30. The Morgan fingerprint density at radius 1 is 1.35 bits per heavy atom. The number of amides is 1. The van der Waals surface area contributed by atoms with Gasteiger partial charge in [-0.05, 0) is 56.7 Å². The molecule has 8 heteroatoms. The standard InChI is InChI=1S/C23H27ClN2O4S/c1-15(26-22(27)17-8-10-28-11-9-17)2-6-19-13-25-23(31-19)30-21-7-5-18(12-20(21)24)29-14-16-3-4-16/h2,5-7,12-13,15-17H,3-4,8-11,14H2,1H3,(H,26,27)/t15-/m0/s1. The first-order valence-electron chi connectivity index (χ1n) is 10.7. The van der Waals surface area contributed by atoms with E-state index in [9.17, 15) is 4.79 Å². The third-order valence-corrected chi connectivity index (χ3v) is 6.43. The highest BCUT2D eigenvalue weighted by Gasteiger charge is 2.23. The number of hydrogen-bond acceptors (Lipinski definition) is 6. The molecule has 31 heavy (non-hydrogen) atoms. The zero-order chi connectivity index (χ0) is 21.6. The van der Waals surface area contributed by atoms with E-state index in [0.29, 0.717) is 35.1 Å². The molecule has 1 atom stereocenters. The van der Waals surface area contributed by atoms with Gasteiger partial charge in [0.1, 0.15) is 11.5 Å². The molecule has 1 saturated carbocycles. The molecule has 6 nitrogen and oxygen atoms in total. The van der Waals surface area contributed by atoms with Crippen molar-refractivity contribution in [3.63, 3.8) is 0 Å². The fourth-order valence-electron chi connectivity index (χ4n) is 3.23. The number of nitrogens with one attached hydrogen (secondary N) is 1. The highest BCUT2D eigenvalue weighted by Crippen LogP contribution is 2.35. The van der Waals surface area contributed by atoms with Gasteiger partial charge in [0.05, 0.1) is 16.5 Å². The van der Waals surface area contributed by atoms with E-state index in [4.69, 9.17) is 25.8 Å². The van der Waals surface area contributed by atoms with E-state index in [1.54, 1.807) is 18.3 Å². The molecule has 2 aromatic rings. The number of benzene rings is 1. The second-order valence-electron chi connectivity index (χ2n) is 8.02. The second-order valence-corrected chi connectivity index (χ2v) is 9.45. The van der Waals surface area contributed by atoms with Crippen molar-refractivity contribution in [2.75, 3.05) is 19.8 Å². The van der Waals surface area contributed by atoms with E-state index in [0.717, 1.165) is 30.1 Å². The third kappa shape index (κ3) is 6.69. The van der Waals surface area contributed by atoms with Crippen LogP contribution in [0.4, 0.5) is 0 Å². The van der Waals surface area contributed by atoms with Crippen molar-refractivity contribution in [3.8, 4) is 16.7 Å². The van der Waals surface area contributed by atoms with Crippen molar-refractivity contribution in [2.24, 2.45) is 11.8 Å². The van der Waals surface area contributed by atoms with Gasteiger partial charge >= 0.3 is 0 Å². The molecule has 166 valence electrons. The van der Waals surface area contributed by atoms with Crippen LogP contribution in [0, 0.1) is 11.8 Å². The largest absolute Gasteiger partial charge is 0.493 e. The Morgan fingerprint density at radius 3 is 2.90 bits per heavy atom. The second kappa shape index (κ2) is 10.5. The van der Waals surface area contributed by atoms with Gasteiger partial charge in [-0.2, -0.15) is 0 Å². The Kier molecular flexibility index (Phi) is 7.48. The maximum atomic E-state index is 12.3. The van der Waals surface area contributed by atoms with E-state index in [2.05, 4.69) is 10.3 Å². The molecule has 1 aromatic heterocycles. The lowest BCUT2D eigenvalue weighted by Gasteiger charge is -2.22. The number of rotatable bonds is 9. The van der Waals surface area contributed by atoms with Gasteiger partial charge in [-0.1, -0.05) is 29.0 Å². The van der Waals surface area contributed by atoms with Crippen molar-refractivity contribution < 1.29 is 19.0 Å². The molecule has 0 radical (unpaired) electrons. The van der Waals surface area contributed by atoms with Crippen LogP contribution >= 0.6 is 22.9 Å². The first-order valence-corrected chi connectivity index (χ1v) is 11.9. The molecule has 4 rings (SSSR count). The molecule has 1 aromatic carbocycles. The van der Waals surface area contributed by atoms with Crippen LogP contribution in [0.25, 0.3) is 6.08 Å². The quantitative estimate of drug-likeness (QED) is 0.546. The van der Waals surface area contributed by atoms with E-state index >= 15 is 0 Å². The monoisotopic (exact) mass is 462 g/mol. The topological polar surface area (TPSA) is 69.7 Å². The molecule has 2 aliphatic rings. The molecule has 2 heterocycles. The van der Waals surface area contributed by atoms with Crippen LogP contribution in [-0.2, 0) is 9.53 Å². The Hall–Kier alpha value is -2.09. The number of aromatic nitrogens is 1. The lowest BCUT2D eigenvalue weighted by Crippen LogP contribution is -2.38. The highest BCUT2D eigenvalue weighted by atomic mass is 35.5. The average molecular weight is 463 g/mol. The number of thiazole rings is 1. The summed E-state index contributed by atoms with van der Waals surface area (Å²) in [4.78, 5) is 17.6. The van der Waals surface area contributed by atoms with Gasteiger partial charge in [0.25, 0.3) is 5.19 Å².